The lowest BCUT2D eigenvalue weighted by molar-refractivity contribution is -0.146. The molecular weight excluding hydrogens is 311 g/mol. The lowest BCUT2D eigenvalue weighted by atomic mass is 10.3. The molecule has 0 aliphatic carbocycles. The summed E-state index contributed by atoms with van der Waals surface area (Å²) in [5.74, 6) is 0.646. The third-order valence-electron chi connectivity index (χ3n) is 2.32. The smallest absolute Gasteiger partial charge is 0.401 e. The van der Waals surface area contributed by atoms with Crippen molar-refractivity contribution in [3.63, 3.8) is 0 Å². The molecule has 0 aliphatic rings. The average molecular weight is 326 g/mol. The van der Waals surface area contributed by atoms with Crippen molar-refractivity contribution in [2.24, 2.45) is 0 Å². The van der Waals surface area contributed by atoms with Gasteiger partial charge in [-0.3, -0.25) is 4.90 Å². The van der Waals surface area contributed by atoms with Crippen molar-refractivity contribution in [3.8, 4) is 5.75 Å². The topological polar surface area (TPSA) is 12.5 Å². The van der Waals surface area contributed by atoms with Crippen LogP contribution in [0.1, 0.15) is 6.92 Å². The summed E-state index contributed by atoms with van der Waals surface area (Å²) in [6.45, 7) is 1.64. The molecular formula is C12H15BrF3NO. The molecule has 6 heteroatoms. The second-order valence-electron chi connectivity index (χ2n) is 3.79. The van der Waals surface area contributed by atoms with Crippen LogP contribution >= 0.6 is 15.9 Å². The minimum Gasteiger partial charge on any atom is -0.492 e. The van der Waals surface area contributed by atoms with Gasteiger partial charge in [-0.1, -0.05) is 28.9 Å². The summed E-state index contributed by atoms with van der Waals surface area (Å²) in [7, 11) is 0. The van der Waals surface area contributed by atoms with Gasteiger partial charge in [0.2, 0.25) is 0 Å². The van der Waals surface area contributed by atoms with Crippen molar-refractivity contribution < 1.29 is 17.9 Å². The first-order chi connectivity index (χ1) is 8.40. The van der Waals surface area contributed by atoms with Crippen LogP contribution in [0.15, 0.2) is 28.7 Å². The second-order valence-corrected chi connectivity index (χ2v) is 4.71. The molecule has 0 radical (unpaired) electrons. The quantitative estimate of drug-likeness (QED) is 0.790. The Balaban J connectivity index is 2.35. The number of alkyl halides is 3. The Morgan fingerprint density at radius 3 is 2.61 bits per heavy atom. The van der Waals surface area contributed by atoms with Crippen LogP contribution in [0.25, 0.3) is 0 Å². The van der Waals surface area contributed by atoms with Gasteiger partial charge in [0.1, 0.15) is 12.4 Å². The van der Waals surface area contributed by atoms with Gasteiger partial charge in [0, 0.05) is 11.0 Å². The minimum atomic E-state index is -4.16. The third-order valence-corrected chi connectivity index (χ3v) is 2.82. The molecule has 2 nitrogen and oxygen atoms in total. The zero-order chi connectivity index (χ0) is 13.6. The van der Waals surface area contributed by atoms with Gasteiger partial charge in [-0.2, -0.15) is 13.2 Å². The van der Waals surface area contributed by atoms with Gasteiger partial charge in [0.05, 0.1) is 6.54 Å². The fraction of sp³-hybridized carbons (Fsp3) is 0.500. The highest BCUT2D eigenvalue weighted by Gasteiger charge is 2.29. The fourth-order valence-corrected chi connectivity index (χ4v) is 1.83. The normalized spacial score (nSPS) is 11.9. The number of hydrogen-bond donors (Lipinski definition) is 0. The first kappa shape index (κ1) is 15.3. The molecule has 1 rings (SSSR count). The van der Waals surface area contributed by atoms with E-state index in [2.05, 4.69) is 15.9 Å². The SMILES string of the molecule is CCN(CCOc1cccc(Br)c1)CC(F)(F)F. The Morgan fingerprint density at radius 2 is 2.06 bits per heavy atom. The van der Waals surface area contributed by atoms with Gasteiger partial charge < -0.3 is 4.74 Å². The maximum absolute atomic E-state index is 12.2. The first-order valence-corrected chi connectivity index (χ1v) is 6.37. The monoisotopic (exact) mass is 325 g/mol. The highest BCUT2D eigenvalue weighted by Crippen LogP contribution is 2.18. The summed E-state index contributed by atoms with van der Waals surface area (Å²) in [5.41, 5.74) is 0. The number of nitrogens with zero attached hydrogens (tertiary/aromatic N) is 1. The van der Waals surface area contributed by atoms with E-state index in [1.807, 2.05) is 12.1 Å². The number of benzene rings is 1. The predicted octanol–water partition coefficient (Wildman–Crippen LogP) is 3.71. The van der Waals surface area contributed by atoms with Gasteiger partial charge in [-0.15, -0.1) is 0 Å². The van der Waals surface area contributed by atoms with Crippen LogP contribution in [0, 0.1) is 0 Å². The zero-order valence-corrected chi connectivity index (χ0v) is 11.6. The van der Waals surface area contributed by atoms with Crippen LogP contribution in [-0.4, -0.2) is 37.3 Å². The van der Waals surface area contributed by atoms with Crippen LogP contribution in [0.5, 0.6) is 5.75 Å². The van der Waals surface area contributed by atoms with Crippen molar-refractivity contribution >= 4 is 15.9 Å². The Kier molecular flexibility index (Phi) is 5.95. The van der Waals surface area contributed by atoms with E-state index in [1.165, 1.54) is 4.90 Å². The highest BCUT2D eigenvalue weighted by atomic mass is 79.9. The van der Waals surface area contributed by atoms with Gasteiger partial charge in [-0.05, 0) is 24.7 Å². The number of ether oxygens (including phenoxy) is 1. The Bertz CT molecular complexity index is 371. The summed E-state index contributed by atoms with van der Waals surface area (Å²) < 4.78 is 42.9. The van der Waals surface area contributed by atoms with Crippen molar-refractivity contribution in [2.75, 3.05) is 26.2 Å². The van der Waals surface area contributed by atoms with Crippen molar-refractivity contribution in [3.05, 3.63) is 28.7 Å². The molecule has 0 aliphatic heterocycles. The van der Waals surface area contributed by atoms with Crippen molar-refractivity contribution in [2.45, 2.75) is 13.1 Å². The van der Waals surface area contributed by atoms with Crippen LogP contribution in [-0.2, 0) is 0 Å². The molecule has 18 heavy (non-hydrogen) atoms. The highest BCUT2D eigenvalue weighted by molar-refractivity contribution is 9.10. The second kappa shape index (κ2) is 6.99. The number of rotatable bonds is 6. The Morgan fingerprint density at radius 1 is 1.33 bits per heavy atom. The lowest BCUT2D eigenvalue weighted by Crippen LogP contribution is -2.36. The largest absolute Gasteiger partial charge is 0.492 e. The number of halogens is 4. The van der Waals surface area contributed by atoms with E-state index < -0.39 is 12.7 Å². The molecule has 0 fully saturated rings. The fourth-order valence-electron chi connectivity index (χ4n) is 1.45. The molecule has 0 unspecified atom stereocenters. The Labute approximate surface area is 113 Å². The van der Waals surface area contributed by atoms with Crippen LogP contribution < -0.4 is 4.74 Å². The number of likely N-dealkylation sites (N-methyl/N-ethyl adjacent to an activating group) is 1. The van der Waals surface area contributed by atoms with Crippen molar-refractivity contribution in [1.29, 1.82) is 0 Å². The summed E-state index contributed by atoms with van der Waals surface area (Å²) in [5, 5.41) is 0. The predicted molar refractivity (Wildman–Crippen MR) is 67.8 cm³/mol. The molecule has 0 saturated heterocycles. The summed E-state index contributed by atoms with van der Waals surface area (Å²) in [4.78, 5) is 1.30. The van der Waals surface area contributed by atoms with E-state index in [4.69, 9.17) is 4.74 Å². The minimum absolute atomic E-state index is 0.236. The maximum Gasteiger partial charge on any atom is 0.401 e. The van der Waals surface area contributed by atoms with Gasteiger partial charge in [0.25, 0.3) is 0 Å². The molecule has 1 aromatic rings. The molecule has 0 heterocycles. The molecule has 0 spiro atoms. The standard InChI is InChI=1S/C12H15BrF3NO/c1-2-17(9-12(14,15)16)6-7-18-11-5-3-4-10(13)8-11/h3-5,8H,2,6-7,9H2,1H3. The maximum atomic E-state index is 12.2. The molecule has 0 atom stereocenters. The van der Waals surface area contributed by atoms with E-state index in [-0.39, 0.29) is 13.2 Å². The summed E-state index contributed by atoms with van der Waals surface area (Å²) in [6.07, 6.45) is -4.16. The van der Waals surface area contributed by atoms with Gasteiger partial charge >= 0.3 is 6.18 Å². The van der Waals surface area contributed by atoms with E-state index >= 15 is 0 Å². The zero-order valence-electron chi connectivity index (χ0n) is 10.0. The van der Waals surface area contributed by atoms with Gasteiger partial charge in [-0.25, -0.2) is 0 Å². The summed E-state index contributed by atoms with van der Waals surface area (Å²) in [6, 6.07) is 7.21. The molecule has 0 aromatic heterocycles. The first-order valence-electron chi connectivity index (χ1n) is 5.58. The van der Waals surface area contributed by atoms with Crippen LogP contribution in [0.3, 0.4) is 0 Å². The van der Waals surface area contributed by atoms with E-state index in [0.717, 1.165) is 4.47 Å². The average Bonchev–Trinajstić information content (AvgIpc) is 2.26. The molecule has 0 saturated carbocycles. The van der Waals surface area contributed by atoms with Crippen LogP contribution in [0.2, 0.25) is 0 Å². The third kappa shape index (κ3) is 6.26. The number of hydrogen-bond acceptors (Lipinski definition) is 2. The molecule has 0 N–H and O–H groups in total. The van der Waals surface area contributed by atoms with Gasteiger partial charge in [0.15, 0.2) is 0 Å². The van der Waals surface area contributed by atoms with Crippen LogP contribution in [0.4, 0.5) is 13.2 Å². The Hall–Kier alpha value is -0.750. The molecule has 1 aromatic carbocycles. The van der Waals surface area contributed by atoms with E-state index in [9.17, 15) is 13.2 Å². The molecule has 0 bridgehead atoms. The molecule has 102 valence electrons. The molecule has 0 amide bonds. The van der Waals surface area contributed by atoms with Crippen molar-refractivity contribution in [1.82, 2.24) is 4.90 Å². The van der Waals surface area contributed by atoms with E-state index in [1.54, 1.807) is 19.1 Å². The summed E-state index contributed by atoms with van der Waals surface area (Å²) >= 11 is 3.30. The van der Waals surface area contributed by atoms with E-state index in [0.29, 0.717) is 12.3 Å². The lowest BCUT2D eigenvalue weighted by Gasteiger charge is -2.21.